The number of piperazine rings is 1. The third-order valence-electron chi connectivity index (χ3n) is 7.08. The highest BCUT2D eigenvalue weighted by Crippen LogP contribution is 2.38. The van der Waals surface area contributed by atoms with E-state index in [4.69, 9.17) is 21.6 Å². The van der Waals surface area contributed by atoms with Gasteiger partial charge in [0.1, 0.15) is 16.5 Å². The lowest BCUT2D eigenvalue weighted by Gasteiger charge is -2.36. The van der Waals surface area contributed by atoms with Gasteiger partial charge in [0.05, 0.1) is 10.3 Å². The summed E-state index contributed by atoms with van der Waals surface area (Å²) in [6.07, 6.45) is 0. The summed E-state index contributed by atoms with van der Waals surface area (Å²) in [7, 11) is 2.03. The number of carbonyl (C=O) groups is 1. The molecule has 4 aromatic rings. The Bertz CT molecular complexity index is 1440. The van der Waals surface area contributed by atoms with Crippen molar-refractivity contribution in [2.75, 3.05) is 43.0 Å². The van der Waals surface area contributed by atoms with E-state index < -0.39 is 0 Å². The number of benzene rings is 2. The van der Waals surface area contributed by atoms with Crippen molar-refractivity contribution in [1.29, 1.82) is 0 Å². The van der Waals surface area contributed by atoms with Crippen LogP contribution < -0.4 is 9.80 Å². The van der Waals surface area contributed by atoms with E-state index in [2.05, 4.69) is 54.0 Å². The predicted octanol–water partition coefficient (Wildman–Crippen LogP) is 6.82. The molecule has 192 valence electrons. The Morgan fingerprint density at radius 1 is 1.03 bits per heavy atom. The van der Waals surface area contributed by atoms with Crippen LogP contribution in [-0.2, 0) is 0 Å². The van der Waals surface area contributed by atoms with Gasteiger partial charge in [-0.05, 0) is 61.2 Å². The molecular weight excluding hydrogens is 502 g/mol. The van der Waals surface area contributed by atoms with E-state index >= 15 is 0 Å². The number of thiophene rings is 1. The summed E-state index contributed by atoms with van der Waals surface area (Å²) in [6.45, 7) is 11.2. The van der Waals surface area contributed by atoms with Crippen LogP contribution in [0.2, 0.25) is 5.02 Å². The first-order valence-electron chi connectivity index (χ1n) is 12.6. The van der Waals surface area contributed by atoms with Gasteiger partial charge in [-0.25, -0.2) is 9.97 Å². The van der Waals surface area contributed by atoms with Crippen LogP contribution in [0.1, 0.15) is 46.4 Å². The molecule has 0 saturated carbocycles. The lowest BCUT2D eigenvalue weighted by Crippen LogP contribution is -2.48. The fraction of sp³-hybridized carbons (Fsp3) is 0.345. The fourth-order valence-electron chi connectivity index (χ4n) is 4.86. The first-order valence-corrected chi connectivity index (χ1v) is 13.8. The average molecular weight is 534 g/mol. The molecule has 2 aromatic heterocycles. The van der Waals surface area contributed by atoms with Crippen molar-refractivity contribution in [2.45, 2.75) is 33.6 Å². The maximum absolute atomic E-state index is 13.7. The molecule has 0 unspecified atom stereocenters. The largest absolute Gasteiger partial charge is 0.368 e. The van der Waals surface area contributed by atoms with E-state index in [-0.39, 0.29) is 5.91 Å². The second-order valence-corrected chi connectivity index (χ2v) is 11.3. The molecule has 0 atom stereocenters. The number of anilines is 3. The van der Waals surface area contributed by atoms with E-state index in [0.717, 1.165) is 56.0 Å². The standard InChI is InChI=1S/C29H32ClN5OS/c1-18(2)21-9-11-23(12-10-21)33(5)27-25-19(3)26(37-28(25)32-20(4)31-27)29(36)35-15-13-34(14-16-35)24-8-6-7-22(30)17-24/h6-12,17-18H,13-16H2,1-5H3. The second-order valence-electron chi connectivity index (χ2n) is 9.90. The van der Waals surface area contributed by atoms with Gasteiger partial charge in [-0.3, -0.25) is 4.79 Å². The highest BCUT2D eigenvalue weighted by atomic mass is 35.5. The SMILES string of the molecule is Cc1nc(N(C)c2ccc(C(C)C)cc2)c2c(C)c(C(=O)N3CCN(c4cccc(Cl)c4)CC3)sc2n1. The smallest absolute Gasteiger partial charge is 0.264 e. The third kappa shape index (κ3) is 5.03. The van der Waals surface area contributed by atoms with Crippen LogP contribution in [0.5, 0.6) is 0 Å². The Labute approximate surface area is 227 Å². The minimum Gasteiger partial charge on any atom is -0.368 e. The topological polar surface area (TPSA) is 52.6 Å². The number of carbonyl (C=O) groups excluding carboxylic acids is 1. The van der Waals surface area contributed by atoms with Crippen LogP contribution in [0.3, 0.4) is 0 Å². The molecule has 0 spiro atoms. The molecule has 0 bridgehead atoms. The first-order chi connectivity index (χ1) is 17.7. The van der Waals surface area contributed by atoms with Gasteiger partial charge in [0.15, 0.2) is 0 Å². The van der Waals surface area contributed by atoms with E-state index in [1.54, 1.807) is 0 Å². The number of rotatable bonds is 5. The maximum atomic E-state index is 13.7. The molecule has 1 amide bonds. The normalized spacial score (nSPS) is 14.0. The second kappa shape index (κ2) is 10.3. The van der Waals surface area contributed by atoms with Crippen LogP contribution in [0.25, 0.3) is 10.2 Å². The lowest BCUT2D eigenvalue weighted by atomic mass is 10.0. The van der Waals surface area contributed by atoms with Crippen LogP contribution in [0, 0.1) is 13.8 Å². The average Bonchev–Trinajstić information content (AvgIpc) is 3.23. The Hall–Kier alpha value is -3.16. The number of fused-ring (bicyclic) bond motifs is 1. The molecule has 3 heterocycles. The van der Waals surface area contributed by atoms with Crippen molar-refractivity contribution in [2.24, 2.45) is 0 Å². The van der Waals surface area contributed by atoms with E-state index in [9.17, 15) is 4.79 Å². The zero-order valence-electron chi connectivity index (χ0n) is 22.0. The molecule has 0 radical (unpaired) electrons. The number of amides is 1. The Kier molecular flexibility index (Phi) is 7.10. The van der Waals surface area contributed by atoms with Crippen molar-refractivity contribution >= 4 is 56.3 Å². The fourth-order valence-corrected chi connectivity index (χ4v) is 6.23. The van der Waals surface area contributed by atoms with Crippen LogP contribution in [0.15, 0.2) is 48.5 Å². The molecule has 0 N–H and O–H groups in total. The Morgan fingerprint density at radius 3 is 2.38 bits per heavy atom. The zero-order chi connectivity index (χ0) is 26.3. The van der Waals surface area contributed by atoms with Crippen molar-refractivity contribution in [3.8, 4) is 0 Å². The molecule has 1 aliphatic rings. The molecule has 37 heavy (non-hydrogen) atoms. The summed E-state index contributed by atoms with van der Waals surface area (Å²) in [5, 5.41) is 1.68. The van der Waals surface area contributed by atoms with Crippen LogP contribution >= 0.6 is 22.9 Å². The number of nitrogens with zero attached hydrogens (tertiary/aromatic N) is 5. The first kappa shape index (κ1) is 25.5. The molecular formula is C29H32ClN5OS. The molecule has 0 aliphatic carbocycles. The quantitative estimate of drug-likeness (QED) is 0.282. The molecule has 1 saturated heterocycles. The predicted molar refractivity (Wildman–Crippen MR) is 155 cm³/mol. The van der Waals surface area contributed by atoms with Gasteiger partial charge in [-0.15, -0.1) is 11.3 Å². The molecule has 6 nitrogen and oxygen atoms in total. The Balaban J connectivity index is 1.41. The maximum Gasteiger partial charge on any atom is 0.264 e. The minimum absolute atomic E-state index is 0.0683. The summed E-state index contributed by atoms with van der Waals surface area (Å²) < 4.78 is 0. The van der Waals surface area contributed by atoms with Gasteiger partial charge in [-0.2, -0.15) is 0 Å². The number of aromatic nitrogens is 2. The van der Waals surface area contributed by atoms with Crippen molar-refractivity contribution in [1.82, 2.24) is 14.9 Å². The van der Waals surface area contributed by atoms with Gasteiger partial charge in [0.2, 0.25) is 0 Å². The van der Waals surface area contributed by atoms with Crippen molar-refractivity contribution < 1.29 is 4.79 Å². The summed E-state index contributed by atoms with van der Waals surface area (Å²) in [5.41, 5.74) is 4.40. The van der Waals surface area contributed by atoms with Gasteiger partial charge in [0.25, 0.3) is 5.91 Å². The number of hydrogen-bond donors (Lipinski definition) is 0. The van der Waals surface area contributed by atoms with E-state index in [1.165, 1.54) is 16.9 Å². The summed E-state index contributed by atoms with van der Waals surface area (Å²) in [6, 6.07) is 16.5. The third-order valence-corrected chi connectivity index (χ3v) is 8.49. The lowest BCUT2D eigenvalue weighted by molar-refractivity contribution is 0.0751. The van der Waals surface area contributed by atoms with E-state index in [0.29, 0.717) is 24.8 Å². The summed E-state index contributed by atoms with van der Waals surface area (Å²) >= 11 is 7.65. The zero-order valence-corrected chi connectivity index (χ0v) is 23.5. The van der Waals surface area contributed by atoms with Gasteiger partial charge >= 0.3 is 0 Å². The van der Waals surface area contributed by atoms with Gasteiger partial charge < -0.3 is 14.7 Å². The molecule has 8 heteroatoms. The van der Waals surface area contributed by atoms with Gasteiger partial charge in [-0.1, -0.05) is 43.6 Å². The molecule has 5 rings (SSSR count). The number of hydrogen-bond acceptors (Lipinski definition) is 6. The number of halogens is 1. The summed E-state index contributed by atoms with van der Waals surface area (Å²) in [4.78, 5) is 31.1. The molecule has 1 aliphatic heterocycles. The highest BCUT2D eigenvalue weighted by molar-refractivity contribution is 7.20. The molecule has 2 aromatic carbocycles. The highest BCUT2D eigenvalue weighted by Gasteiger charge is 2.28. The summed E-state index contributed by atoms with van der Waals surface area (Å²) in [5.74, 6) is 2.08. The minimum atomic E-state index is 0.0683. The van der Waals surface area contributed by atoms with Crippen LogP contribution in [-0.4, -0.2) is 54.0 Å². The monoisotopic (exact) mass is 533 g/mol. The van der Waals surface area contributed by atoms with Gasteiger partial charge in [0, 0.05) is 49.6 Å². The van der Waals surface area contributed by atoms with Crippen LogP contribution in [0.4, 0.5) is 17.2 Å². The van der Waals surface area contributed by atoms with Crippen molar-refractivity contribution in [3.63, 3.8) is 0 Å². The van der Waals surface area contributed by atoms with Crippen molar-refractivity contribution in [3.05, 3.63) is 75.4 Å². The molecule has 1 fully saturated rings. The Morgan fingerprint density at radius 2 is 1.73 bits per heavy atom. The van der Waals surface area contributed by atoms with E-state index in [1.807, 2.05) is 44.0 Å². The number of aryl methyl sites for hydroxylation is 2.